The van der Waals surface area contributed by atoms with Crippen molar-refractivity contribution in [1.29, 1.82) is 0 Å². The molecule has 0 unspecified atom stereocenters. The molecule has 0 aromatic rings. The first-order chi connectivity index (χ1) is 5.91. The van der Waals surface area contributed by atoms with Crippen molar-refractivity contribution >= 4 is 14.1 Å². The van der Waals surface area contributed by atoms with Crippen LogP contribution >= 0.6 is 14.1 Å². The summed E-state index contributed by atoms with van der Waals surface area (Å²) in [5, 5.41) is 1.36. The maximum absolute atomic E-state index is 3.45. The number of hydrogen-bond donors (Lipinski definition) is 0. The second-order valence-corrected chi connectivity index (χ2v) is 5.73. The van der Waals surface area contributed by atoms with Gasteiger partial charge in [0, 0.05) is 0 Å². The van der Waals surface area contributed by atoms with Gasteiger partial charge in [0.15, 0.2) is 0 Å². The van der Waals surface area contributed by atoms with Gasteiger partial charge in [0.25, 0.3) is 0 Å². The average molecular weight is 277 g/mol. The molecule has 0 nitrogen and oxygen atoms in total. The van der Waals surface area contributed by atoms with Crippen LogP contribution in [-0.2, 0) is 13.1 Å². The zero-order valence-corrected chi connectivity index (χ0v) is 10.8. The SMILES string of the molecule is CCCCCCCCC[CH2][Fe][Br]. The van der Waals surface area contributed by atoms with Crippen molar-refractivity contribution in [2.75, 3.05) is 0 Å². The molecule has 12 heavy (non-hydrogen) atoms. The van der Waals surface area contributed by atoms with Gasteiger partial charge < -0.3 is 0 Å². The summed E-state index contributed by atoms with van der Waals surface area (Å²) >= 11 is 4.64. The van der Waals surface area contributed by atoms with Crippen molar-refractivity contribution in [2.45, 2.75) is 63.6 Å². The molecule has 0 N–H and O–H groups in total. The van der Waals surface area contributed by atoms with E-state index in [4.69, 9.17) is 0 Å². The minimum atomic E-state index is 1.18. The van der Waals surface area contributed by atoms with E-state index >= 15 is 0 Å². The predicted octanol–water partition coefficient (Wildman–Crippen LogP) is 4.94. The summed E-state index contributed by atoms with van der Waals surface area (Å²) < 4.78 is 0. The fourth-order valence-electron chi connectivity index (χ4n) is 1.27. The van der Waals surface area contributed by atoms with Crippen molar-refractivity contribution in [2.24, 2.45) is 0 Å². The first kappa shape index (κ1) is 13.0. The third-order valence-corrected chi connectivity index (χ3v) is 3.80. The van der Waals surface area contributed by atoms with Gasteiger partial charge >= 0.3 is 90.9 Å². The van der Waals surface area contributed by atoms with Crippen LogP contribution in [0.1, 0.15) is 58.3 Å². The van der Waals surface area contributed by atoms with Crippen LogP contribution in [0.5, 0.6) is 0 Å². The Balaban J connectivity index is 2.73. The summed E-state index contributed by atoms with van der Waals surface area (Å²) in [4.78, 5) is 0. The molecule has 0 bridgehead atoms. The molecule has 0 aliphatic heterocycles. The molecule has 0 radical (unpaired) electrons. The first-order valence-corrected chi connectivity index (χ1v) is 8.60. The van der Waals surface area contributed by atoms with E-state index in [0.717, 1.165) is 0 Å². The van der Waals surface area contributed by atoms with Gasteiger partial charge in [-0.25, -0.2) is 0 Å². The Labute approximate surface area is 90.7 Å². The van der Waals surface area contributed by atoms with Gasteiger partial charge in [0.1, 0.15) is 0 Å². The summed E-state index contributed by atoms with van der Waals surface area (Å²) in [5.41, 5.74) is 0. The van der Waals surface area contributed by atoms with E-state index in [2.05, 4.69) is 21.0 Å². The van der Waals surface area contributed by atoms with E-state index < -0.39 is 0 Å². The average Bonchev–Trinajstić information content (AvgIpc) is 2.10. The topological polar surface area (TPSA) is 0 Å². The van der Waals surface area contributed by atoms with Gasteiger partial charge in [-0.1, -0.05) is 0 Å². The third kappa shape index (κ3) is 11.0. The van der Waals surface area contributed by atoms with Gasteiger partial charge in [-0.05, 0) is 0 Å². The molecule has 0 aliphatic rings. The zero-order valence-electron chi connectivity index (χ0n) is 8.10. The standard InChI is InChI=1S/C10H21.BrH.Fe/c1-3-5-7-9-10-8-6-4-2;;/h1,3-10H2,2H3;1H;/q;;+1/p-1. The Morgan fingerprint density at radius 1 is 0.833 bits per heavy atom. The van der Waals surface area contributed by atoms with E-state index in [9.17, 15) is 0 Å². The monoisotopic (exact) mass is 276 g/mol. The molecule has 0 spiro atoms. The molecule has 0 fully saturated rings. The Morgan fingerprint density at radius 2 is 1.33 bits per heavy atom. The van der Waals surface area contributed by atoms with Crippen LogP contribution in [0, 0.1) is 0 Å². The molecule has 2 heteroatoms. The summed E-state index contributed by atoms with van der Waals surface area (Å²) in [5.74, 6) is 0. The van der Waals surface area contributed by atoms with Crippen molar-refractivity contribution in [1.82, 2.24) is 0 Å². The Kier molecular flexibility index (Phi) is 13.0. The molecule has 0 atom stereocenters. The van der Waals surface area contributed by atoms with Gasteiger partial charge in [-0.2, -0.15) is 0 Å². The van der Waals surface area contributed by atoms with Gasteiger partial charge in [0.2, 0.25) is 0 Å². The molecule has 0 heterocycles. The van der Waals surface area contributed by atoms with Crippen LogP contribution in [0.4, 0.5) is 0 Å². The van der Waals surface area contributed by atoms with Crippen molar-refractivity contribution in [3.8, 4) is 0 Å². The van der Waals surface area contributed by atoms with Crippen molar-refractivity contribution in [3.05, 3.63) is 0 Å². The molecule has 0 aliphatic carbocycles. The van der Waals surface area contributed by atoms with Crippen LogP contribution in [0.25, 0.3) is 0 Å². The van der Waals surface area contributed by atoms with Crippen LogP contribution in [0.2, 0.25) is 5.32 Å². The van der Waals surface area contributed by atoms with Crippen LogP contribution < -0.4 is 0 Å². The van der Waals surface area contributed by atoms with Crippen LogP contribution in [0.15, 0.2) is 0 Å². The Hall–Kier alpha value is 0.999. The molecule has 0 aromatic carbocycles. The summed E-state index contributed by atoms with van der Waals surface area (Å²) in [6, 6.07) is 0. The molecular weight excluding hydrogens is 256 g/mol. The van der Waals surface area contributed by atoms with Crippen molar-refractivity contribution < 1.29 is 13.1 Å². The van der Waals surface area contributed by atoms with Gasteiger partial charge in [-0.3, -0.25) is 0 Å². The van der Waals surface area contributed by atoms with Crippen LogP contribution in [0.3, 0.4) is 0 Å². The molecule has 0 saturated carbocycles. The van der Waals surface area contributed by atoms with E-state index in [1.165, 1.54) is 69.8 Å². The van der Waals surface area contributed by atoms with E-state index in [1.807, 2.05) is 0 Å². The second-order valence-electron chi connectivity index (χ2n) is 3.25. The van der Waals surface area contributed by atoms with Gasteiger partial charge in [-0.15, -0.1) is 0 Å². The molecule has 76 valence electrons. The third-order valence-electron chi connectivity index (χ3n) is 2.05. The zero-order chi connectivity index (χ0) is 9.07. The summed E-state index contributed by atoms with van der Waals surface area (Å²) in [7, 11) is 0. The number of unbranched alkanes of at least 4 members (excludes halogenated alkanes) is 7. The molecule has 0 amide bonds. The predicted molar refractivity (Wildman–Crippen MR) is 56.3 cm³/mol. The molecular formula is C10H21BrFe. The Bertz CT molecular complexity index is 66.2. The van der Waals surface area contributed by atoms with E-state index in [1.54, 1.807) is 0 Å². The van der Waals surface area contributed by atoms with Crippen LogP contribution in [-0.4, -0.2) is 0 Å². The second kappa shape index (κ2) is 12.0. The molecule has 0 rings (SSSR count). The number of rotatable bonds is 9. The fraction of sp³-hybridized carbons (Fsp3) is 1.00. The normalized spacial score (nSPS) is 10.8. The van der Waals surface area contributed by atoms with Gasteiger partial charge in [0.05, 0.1) is 0 Å². The number of hydrogen-bond acceptors (Lipinski definition) is 0. The fourth-order valence-corrected chi connectivity index (χ4v) is 2.51. The molecule has 0 saturated heterocycles. The quantitative estimate of drug-likeness (QED) is 0.413. The Morgan fingerprint density at radius 3 is 1.83 bits per heavy atom. The maximum atomic E-state index is 3.45. The summed E-state index contributed by atoms with van der Waals surface area (Å²) in [6.07, 6.45) is 11.5. The van der Waals surface area contributed by atoms with E-state index in [-0.39, 0.29) is 0 Å². The van der Waals surface area contributed by atoms with Crippen molar-refractivity contribution in [3.63, 3.8) is 0 Å². The molecule has 0 aromatic heterocycles. The minimum absolute atomic E-state index is 1.18. The number of halogens is 1. The first-order valence-electron chi connectivity index (χ1n) is 5.09. The van der Waals surface area contributed by atoms with E-state index in [0.29, 0.717) is 0 Å². The summed E-state index contributed by atoms with van der Waals surface area (Å²) in [6.45, 7) is 2.27.